The summed E-state index contributed by atoms with van der Waals surface area (Å²) in [5, 5.41) is 3.77. The summed E-state index contributed by atoms with van der Waals surface area (Å²) in [7, 11) is 0. The Labute approximate surface area is 183 Å². The fraction of sp³-hybridized carbons (Fsp3) is 0.174. The van der Waals surface area contributed by atoms with Crippen LogP contribution >= 0.6 is 34.8 Å². The molecular formula is C23H17Cl3FNO. The van der Waals surface area contributed by atoms with E-state index in [0.29, 0.717) is 33.2 Å². The molecule has 29 heavy (non-hydrogen) atoms. The van der Waals surface area contributed by atoms with E-state index < -0.39 is 5.67 Å². The third-order valence-electron chi connectivity index (χ3n) is 5.32. The molecule has 0 saturated heterocycles. The monoisotopic (exact) mass is 447 g/mol. The van der Waals surface area contributed by atoms with Gasteiger partial charge in [0, 0.05) is 17.2 Å². The van der Waals surface area contributed by atoms with Crippen LogP contribution in [0.1, 0.15) is 39.4 Å². The van der Waals surface area contributed by atoms with Crippen molar-refractivity contribution in [1.82, 2.24) is 0 Å². The van der Waals surface area contributed by atoms with Crippen LogP contribution in [0.25, 0.3) is 0 Å². The second-order valence-corrected chi connectivity index (χ2v) is 8.46. The molecule has 4 rings (SSSR count). The Morgan fingerprint density at radius 2 is 1.66 bits per heavy atom. The molecule has 0 aliphatic heterocycles. The largest absolute Gasteiger partial charge is 0.322 e. The molecule has 2 unspecified atom stereocenters. The van der Waals surface area contributed by atoms with Gasteiger partial charge in [-0.25, -0.2) is 4.39 Å². The van der Waals surface area contributed by atoms with Crippen LogP contribution in [0, 0.1) is 6.92 Å². The minimum absolute atomic E-state index is 0.234. The van der Waals surface area contributed by atoms with Crippen molar-refractivity contribution in [1.29, 1.82) is 0 Å². The number of halogens is 4. The Kier molecular flexibility index (Phi) is 5.32. The summed E-state index contributed by atoms with van der Waals surface area (Å²) < 4.78 is 15.5. The number of nitrogens with one attached hydrogen (secondary N) is 1. The third kappa shape index (κ3) is 3.87. The summed E-state index contributed by atoms with van der Waals surface area (Å²) in [4.78, 5) is 12.5. The second-order valence-electron chi connectivity index (χ2n) is 7.26. The molecule has 1 amide bonds. The Hall–Kier alpha value is -2.07. The number of benzene rings is 3. The molecule has 1 aliphatic carbocycles. The zero-order valence-electron chi connectivity index (χ0n) is 15.5. The van der Waals surface area contributed by atoms with Crippen LogP contribution in [0.3, 0.4) is 0 Å². The minimum Gasteiger partial charge on any atom is -0.322 e. The Balaban J connectivity index is 1.51. The molecule has 1 fully saturated rings. The molecule has 6 heteroatoms. The first-order chi connectivity index (χ1) is 13.8. The van der Waals surface area contributed by atoms with Crippen molar-refractivity contribution >= 4 is 46.4 Å². The minimum atomic E-state index is -1.51. The first-order valence-corrected chi connectivity index (χ1v) is 10.2. The third-order valence-corrected chi connectivity index (χ3v) is 6.52. The number of alkyl halides is 1. The number of hydrogen-bond acceptors (Lipinski definition) is 1. The van der Waals surface area contributed by atoms with Gasteiger partial charge in [-0.2, -0.15) is 0 Å². The highest BCUT2D eigenvalue weighted by Crippen LogP contribution is 2.62. The summed E-state index contributed by atoms with van der Waals surface area (Å²) in [5.41, 5.74) is 1.93. The van der Waals surface area contributed by atoms with Gasteiger partial charge in [0.25, 0.3) is 5.91 Å². The number of anilines is 1. The van der Waals surface area contributed by atoms with Crippen molar-refractivity contribution in [2.75, 3.05) is 5.32 Å². The van der Waals surface area contributed by atoms with Crippen LogP contribution in [0.15, 0.2) is 60.7 Å². The zero-order valence-corrected chi connectivity index (χ0v) is 17.7. The van der Waals surface area contributed by atoms with Crippen molar-refractivity contribution in [3.05, 3.63) is 98.0 Å². The van der Waals surface area contributed by atoms with Gasteiger partial charge in [0.2, 0.25) is 0 Å². The molecule has 1 aliphatic rings. The summed E-state index contributed by atoms with van der Waals surface area (Å²) in [6.45, 7) is 1.92. The average Bonchev–Trinajstić information content (AvgIpc) is 3.40. The number of carbonyl (C=O) groups excluding carboxylic acids is 1. The quantitative estimate of drug-likeness (QED) is 0.410. The molecule has 1 saturated carbocycles. The standard InChI is InChI=1S/C23H17Cl3FNO/c1-13-4-2-3-5-20(13)28-22(29)14-6-8-16(9-7-14)23(27)12-17(23)15-10-18(24)21(26)19(25)11-15/h2-11,17H,12H2,1H3,(H,28,29). The lowest BCUT2D eigenvalue weighted by molar-refractivity contribution is 0.102. The van der Waals surface area contributed by atoms with E-state index in [-0.39, 0.29) is 16.8 Å². The van der Waals surface area contributed by atoms with Crippen molar-refractivity contribution in [3.63, 3.8) is 0 Å². The molecule has 2 nitrogen and oxygen atoms in total. The van der Waals surface area contributed by atoms with Crippen molar-refractivity contribution in [2.45, 2.75) is 24.9 Å². The Morgan fingerprint density at radius 3 is 2.28 bits per heavy atom. The lowest BCUT2D eigenvalue weighted by Crippen LogP contribution is -2.13. The van der Waals surface area contributed by atoms with Gasteiger partial charge in [-0.05, 0) is 60.4 Å². The van der Waals surface area contributed by atoms with E-state index in [1.54, 1.807) is 36.4 Å². The van der Waals surface area contributed by atoms with E-state index in [4.69, 9.17) is 34.8 Å². The zero-order chi connectivity index (χ0) is 20.8. The van der Waals surface area contributed by atoms with Gasteiger partial charge in [-0.1, -0.05) is 65.1 Å². The predicted octanol–water partition coefficient (Wildman–Crippen LogP) is 7.56. The number of amides is 1. The van der Waals surface area contributed by atoms with Gasteiger partial charge in [0.15, 0.2) is 0 Å². The smallest absolute Gasteiger partial charge is 0.255 e. The van der Waals surface area contributed by atoms with Gasteiger partial charge in [0.05, 0.1) is 15.1 Å². The van der Waals surface area contributed by atoms with Crippen LogP contribution in [-0.4, -0.2) is 5.91 Å². The fourth-order valence-corrected chi connectivity index (χ4v) is 4.13. The lowest BCUT2D eigenvalue weighted by Gasteiger charge is -2.12. The summed E-state index contributed by atoms with van der Waals surface area (Å²) in [6, 6.07) is 17.5. The van der Waals surface area contributed by atoms with E-state index in [9.17, 15) is 4.79 Å². The van der Waals surface area contributed by atoms with E-state index in [2.05, 4.69) is 5.32 Å². The van der Waals surface area contributed by atoms with Crippen LogP contribution in [0.2, 0.25) is 15.1 Å². The van der Waals surface area contributed by atoms with Gasteiger partial charge in [-0.15, -0.1) is 0 Å². The summed E-state index contributed by atoms with van der Waals surface area (Å²) in [5.74, 6) is -0.580. The Bertz CT molecular complexity index is 1080. The average molecular weight is 449 g/mol. The van der Waals surface area contributed by atoms with E-state index >= 15 is 4.39 Å². The van der Waals surface area contributed by atoms with Gasteiger partial charge in [-0.3, -0.25) is 4.79 Å². The SMILES string of the molecule is Cc1ccccc1NC(=O)c1ccc(C2(F)CC2c2cc(Cl)c(Cl)c(Cl)c2)cc1. The van der Waals surface area contributed by atoms with Crippen LogP contribution < -0.4 is 5.32 Å². The Morgan fingerprint density at radius 1 is 1.03 bits per heavy atom. The number of para-hydroxylation sites is 1. The highest BCUT2D eigenvalue weighted by atomic mass is 35.5. The number of rotatable bonds is 4. The van der Waals surface area contributed by atoms with E-state index in [1.807, 2.05) is 31.2 Å². The molecule has 1 N–H and O–H groups in total. The molecule has 148 valence electrons. The molecular weight excluding hydrogens is 432 g/mol. The highest BCUT2D eigenvalue weighted by Gasteiger charge is 2.57. The molecule has 2 atom stereocenters. The summed E-state index contributed by atoms with van der Waals surface area (Å²) >= 11 is 18.1. The van der Waals surface area contributed by atoms with E-state index in [0.717, 1.165) is 11.3 Å². The molecule has 0 heterocycles. The highest BCUT2D eigenvalue weighted by molar-refractivity contribution is 6.48. The topological polar surface area (TPSA) is 29.1 Å². The fourth-order valence-electron chi connectivity index (χ4n) is 3.52. The maximum atomic E-state index is 15.5. The van der Waals surface area contributed by atoms with Crippen molar-refractivity contribution in [2.24, 2.45) is 0 Å². The maximum absolute atomic E-state index is 15.5. The van der Waals surface area contributed by atoms with Crippen molar-refractivity contribution < 1.29 is 9.18 Å². The van der Waals surface area contributed by atoms with Gasteiger partial charge in [0.1, 0.15) is 5.67 Å². The number of carbonyl (C=O) groups is 1. The summed E-state index contributed by atoms with van der Waals surface area (Å²) in [6.07, 6.45) is 0.329. The van der Waals surface area contributed by atoms with Gasteiger partial charge >= 0.3 is 0 Å². The van der Waals surface area contributed by atoms with Gasteiger partial charge < -0.3 is 5.32 Å². The lowest BCUT2D eigenvalue weighted by atomic mass is 10.0. The first-order valence-electron chi connectivity index (χ1n) is 9.10. The normalized spacial score (nSPS) is 20.4. The maximum Gasteiger partial charge on any atom is 0.255 e. The van der Waals surface area contributed by atoms with Crippen LogP contribution in [0.5, 0.6) is 0 Å². The number of hydrogen-bond donors (Lipinski definition) is 1. The predicted molar refractivity (Wildman–Crippen MR) is 117 cm³/mol. The van der Waals surface area contributed by atoms with Crippen LogP contribution in [0.4, 0.5) is 10.1 Å². The molecule has 0 aromatic heterocycles. The molecule has 3 aromatic carbocycles. The second kappa shape index (κ2) is 7.64. The first kappa shape index (κ1) is 20.2. The van der Waals surface area contributed by atoms with E-state index in [1.165, 1.54) is 0 Å². The van der Waals surface area contributed by atoms with Crippen molar-refractivity contribution in [3.8, 4) is 0 Å². The molecule has 0 bridgehead atoms. The molecule has 0 spiro atoms. The molecule has 0 radical (unpaired) electrons. The molecule has 3 aromatic rings. The number of aryl methyl sites for hydroxylation is 1. The van der Waals surface area contributed by atoms with Crippen LogP contribution in [-0.2, 0) is 5.67 Å².